The second-order valence-corrected chi connectivity index (χ2v) is 8.47. The van der Waals surface area contributed by atoms with Crippen LogP contribution in [0.15, 0.2) is 52.9 Å². The smallest absolute Gasteiger partial charge is 0.310 e. The number of hydrogen-bond acceptors (Lipinski definition) is 3. The van der Waals surface area contributed by atoms with Crippen LogP contribution < -0.4 is 5.46 Å². The molecule has 0 aliphatic carbocycles. The Morgan fingerprint density at radius 2 is 1.67 bits per heavy atom. The van der Waals surface area contributed by atoms with E-state index in [1.165, 1.54) is 0 Å². The second kappa shape index (κ2) is 6.27. The lowest BCUT2D eigenvalue weighted by atomic mass is 9.80. The van der Waals surface area contributed by atoms with Gasteiger partial charge in [-0.05, 0) is 62.1 Å². The van der Waals surface area contributed by atoms with Gasteiger partial charge in [0.1, 0.15) is 5.58 Å². The van der Waals surface area contributed by atoms with Crippen molar-refractivity contribution >= 4 is 57.3 Å². The fourth-order valence-corrected chi connectivity index (χ4v) is 3.35. The lowest BCUT2D eigenvalue weighted by Gasteiger charge is -2.37. The highest BCUT2D eigenvalue weighted by Crippen LogP contribution is 2.35. The van der Waals surface area contributed by atoms with Gasteiger partial charge in [-0.1, -0.05) is 41.9 Å². The van der Waals surface area contributed by atoms with Crippen molar-refractivity contribution in [3.8, 4) is 0 Å². The third-order valence-corrected chi connectivity index (χ3v) is 5.88. The predicted molar refractivity (Wildman–Crippen MR) is 114 cm³/mol. The molecule has 138 valence electrons. The molecule has 0 amide bonds. The van der Waals surface area contributed by atoms with Crippen LogP contribution in [-0.2, 0) is 4.65 Å². The molecule has 5 heteroatoms. The molecular formula is C22H22BClO3. The molecule has 1 aromatic heterocycles. The van der Waals surface area contributed by atoms with Crippen molar-refractivity contribution in [2.75, 3.05) is 0 Å². The van der Waals surface area contributed by atoms with E-state index < -0.39 is 11.2 Å². The van der Waals surface area contributed by atoms with Gasteiger partial charge in [-0.2, -0.15) is 0 Å². The van der Waals surface area contributed by atoms with Gasteiger partial charge < -0.3 is 14.2 Å². The first-order valence-corrected chi connectivity index (χ1v) is 9.44. The first-order valence-electron chi connectivity index (χ1n) is 9.06. The number of benzene rings is 3. The fraction of sp³-hybridized carbons (Fsp3) is 0.273. The van der Waals surface area contributed by atoms with Crippen LogP contribution in [0.25, 0.3) is 32.7 Å². The fourth-order valence-electron chi connectivity index (χ4n) is 3.16. The summed E-state index contributed by atoms with van der Waals surface area (Å²) in [5.41, 5.74) is 0.794. The van der Waals surface area contributed by atoms with Crippen LogP contribution in [0.5, 0.6) is 0 Å². The molecule has 0 unspecified atom stereocenters. The maximum Gasteiger partial charge on any atom is 0.310 e. The van der Waals surface area contributed by atoms with Gasteiger partial charge in [-0.15, -0.1) is 0 Å². The van der Waals surface area contributed by atoms with Crippen LogP contribution in [-0.4, -0.2) is 23.8 Å². The molecule has 0 radical (unpaired) electrons. The van der Waals surface area contributed by atoms with E-state index in [9.17, 15) is 5.11 Å². The Kier molecular flexibility index (Phi) is 4.26. The number of fused-ring (bicyclic) bond motifs is 4. The summed E-state index contributed by atoms with van der Waals surface area (Å²) in [5.74, 6) is 0. The van der Waals surface area contributed by atoms with E-state index in [-0.39, 0.29) is 0 Å². The average molecular weight is 381 g/mol. The highest BCUT2D eigenvalue weighted by molar-refractivity contribution is 6.54. The van der Waals surface area contributed by atoms with Gasteiger partial charge in [-0.3, -0.25) is 0 Å². The van der Waals surface area contributed by atoms with Gasteiger partial charge >= 0.3 is 7.48 Å². The van der Waals surface area contributed by atoms with E-state index in [4.69, 9.17) is 20.7 Å². The summed E-state index contributed by atoms with van der Waals surface area (Å²) in [6.45, 7) is 7.29. The van der Waals surface area contributed by atoms with Crippen LogP contribution in [0.2, 0.25) is 5.02 Å². The standard InChI is InChI=1S/C22H22BClO3/c1-21(2,25)22(3,4)27-23-16-9-10-17(24)20-19(16)15-11-13-7-5-6-8-14(13)12-18(15)26-20/h5-12,23,25H,1-4H3. The minimum Gasteiger partial charge on any atom is -0.454 e. The van der Waals surface area contributed by atoms with Gasteiger partial charge in [0.05, 0.1) is 16.2 Å². The summed E-state index contributed by atoms with van der Waals surface area (Å²) in [6, 6.07) is 16.2. The zero-order valence-electron chi connectivity index (χ0n) is 16.0. The van der Waals surface area contributed by atoms with Crippen LogP contribution in [0, 0.1) is 0 Å². The van der Waals surface area contributed by atoms with Crippen LogP contribution in [0.1, 0.15) is 27.7 Å². The zero-order valence-corrected chi connectivity index (χ0v) is 16.7. The maximum atomic E-state index is 10.4. The van der Waals surface area contributed by atoms with E-state index in [0.29, 0.717) is 18.1 Å². The van der Waals surface area contributed by atoms with Gasteiger partial charge in [-0.25, -0.2) is 0 Å². The molecule has 1 N–H and O–H groups in total. The zero-order chi connectivity index (χ0) is 19.4. The largest absolute Gasteiger partial charge is 0.454 e. The van der Waals surface area contributed by atoms with Gasteiger partial charge in [0, 0.05) is 10.8 Å². The van der Waals surface area contributed by atoms with Crippen molar-refractivity contribution in [1.82, 2.24) is 0 Å². The Morgan fingerprint density at radius 3 is 2.33 bits per heavy atom. The van der Waals surface area contributed by atoms with E-state index in [0.717, 1.165) is 32.6 Å². The van der Waals surface area contributed by atoms with Crippen molar-refractivity contribution in [2.45, 2.75) is 38.9 Å². The van der Waals surface area contributed by atoms with Crippen LogP contribution in [0.3, 0.4) is 0 Å². The molecule has 0 aliphatic heterocycles. The number of furan rings is 1. The molecule has 0 aliphatic rings. The number of rotatable bonds is 4. The summed E-state index contributed by atoms with van der Waals surface area (Å²) in [7, 11) is 0.353. The Morgan fingerprint density at radius 1 is 1.00 bits per heavy atom. The molecule has 3 nitrogen and oxygen atoms in total. The molecular weight excluding hydrogens is 359 g/mol. The Labute approximate surface area is 164 Å². The van der Waals surface area contributed by atoms with Gasteiger partial charge in [0.2, 0.25) is 0 Å². The molecule has 4 rings (SSSR count). The summed E-state index contributed by atoms with van der Waals surface area (Å²) in [5, 5.41) is 15.2. The van der Waals surface area contributed by atoms with E-state index in [1.807, 2.05) is 44.2 Å². The van der Waals surface area contributed by atoms with E-state index >= 15 is 0 Å². The van der Waals surface area contributed by atoms with Crippen LogP contribution >= 0.6 is 11.6 Å². The van der Waals surface area contributed by atoms with Crippen molar-refractivity contribution < 1.29 is 14.2 Å². The monoisotopic (exact) mass is 380 g/mol. The molecule has 1 heterocycles. The Balaban J connectivity index is 1.88. The third kappa shape index (κ3) is 3.12. The highest BCUT2D eigenvalue weighted by atomic mass is 35.5. The van der Waals surface area contributed by atoms with Crippen molar-refractivity contribution in [3.63, 3.8) is 0 Å². The average Bonchev–Trinajstić information content (AvgIpc) is 2.98. The number of hydrogen-bond donors (Lipinski definition) is 1. The molecule has 0 spiro atoms. The molecule has 0 saturated heterocycles. The molecule has 4 aromatic rings. The summed E-state index contributed by atoms with van der Waals surface area (Å²) in [6.07, 6.45) is 0. The summed E-state index contributed by atoms with van der Waals surface area (Å²) >= 11 is 6.42. The first-order chi connectivity index (χ1) is 12.7. The van der Waals surface area contributed by atoms with E-state index in [2.05, 4.69) is 18.2 Å². The maximum absolute atomic E-state index is 10.4. The predicted octanol–water partition coefficient (Wildman–Crippen LogP) is 4.94. The third-order valence-electron chi connectivity index (χ3n) is 5.59. The Bertz CT molecular complexity index is 1160. The Hall–Kier alpha value is -2.01. The lowest BCUT2D eigenvalue weighted by molar-refractivity contribution is -0.0893. The topological polar surface area (TPSA) is 42.6 Å². The quantitative estimate of drug-likeness (QED) is 0.510. The number of aliphatic hydroxyl groups is 1. The molecule has 27 heavy (non-hydrogen) atoms. The SMILES string of the molecule is CC(C)(O)C(C)(C)OBc1ccc(Cl)c2oc3cc4ccccc4cc3c12. The first kappa shape index (κ1) is 18.4. The summed E-state index contributed by atoms with van der Waals surface area (Å²) in [4.78, 5) is 0. The summed E-state index contributed by atoms with van der Waals surface area (Å²) < 4.78 is 12.2. The molecule has 0 saturated carbocycles. The molecule has 3 aromatic carbocycles. The molecule has 0 bridgehead atoms. The van der Waals surface area contributed by atoms with E-state index in [1.54, 1.807) is 13.8 Å². The normalized spacial score (nSPS) is 13.0. The van der Waals surface area contributed by atoms with Crippen molar-refractivity contribution in [2.24, 2.45) is 0 Å². The van der Waals surface area contributed by atoms with Gasteiger partial charge in [0.15, 0.2) is 5.58 Å². The van der Waals surface area contributed by atoms with Crippen molar-refractivity contribution in [1.29, 1.82) is 0 Å². The van der Waals surface area contributed by atoms with Crippen LogP contribution in [0.4, 0.5) is 0 Å². The minimum atomic E-state index is -0.965. The molecule has 0 fully saturated rings. The second-order valence-electron chi connectivity index (χ2n) is 8.07. The number of halogens is 1. The highest BCUT2D eigenvalue weighted by Gasteiger charge is 2.36. The minimum absolute atomic E-state index is 0.353. The van der Waals surface area contributed by atoms with Gasteiger partial charge in [0.25, 0.3) is 0 Å². The molecule has 0 atom stereocenters. The van der Waals surface area contributed by atoms with Crippen molar-refractivity contribution in [3.05, 3.63) is 53.6 Å². The lowest BCUT2D eigenvalue weighted by Crippen LogP contribution is -2.49.